The number of carbonyl (C=O) groups is 1. The molecule has 3 rings (SSSR count). The highest BCUT2D eigenvalue weighted by molar-refractivity contribution is 14.1. The van der Waals surface area contributed by atoms with Crippen LogP contribution in [0.25, 0.3) is 0 Å². The number of nitrogens with zero attached hydrogens (tertiary/aromatic N) is 2. The molecule has 0 aliphatic carbocycles. The van der Waals surface area contributed by atoms with Gasteiger partial charge in [0.2, 0.25) is 0 Å². The van der Waals surface area contributed by atoms with Gasteiger partial charge in [-0.15, -0.1) is 0 Å². The van der Waals surface area contributed by atoms with Crippen molar-refractivity contribution in [3.8, 4) is 0 Å². The molecule has 1 fully saturated rings. The predicted molar refractivity (Wildman–Crippen MR) is 66.8 cm³/mol. The Morgan fingerprint density at radius 3 is 2.93 bits per heavy atom. The molecule has 0 aromatic heterocycles. The molecule has 15 heavy (non-hydrogen) atoms. The molecule has 1 N–H and O–H groups in total. The Morgan fingerprint density at radius 2 is 2.07 bits per heavy atom. The smallest absolute Gasteiger partial charge is 0.304 e. The van der Waals surface area contributed by atoms with Crippen LogP contribution in [0, 0.1) is 3.57 Å². The third-order valence-corrected chi connectivity index (χ3v) is 3.41. The van der Waals surface area contributed by atoms with Crippen LogP contribution in [0.4, 0.5) is 16.2 Å². The molecule has 2 aliphatic rings. The summed E-state index contributed by atoms with van der Waals surface area (Å²) >= 11 is 2.25. The van der Waals surface area contributed by atoms with E-state index in [-0.39, 0.29) is 6.03 Å². The average molecular weight is 315 g/mol. The van der Waals surface area contributed by atoms with Gasteiger partial charge in [-0.25, -0.2) is 9.80 Å². The number of carbonyl (C=O) groups excluding carboxylic acids is 1. The molecule has 0 unspecified atom stereocenters. The topological polar surface area (TPSA) is 35.6 Å². The van der Waals surface area contributed by atoms with E-state index in [4.69, 9.17) is 0 Å². The minimum atomic E-state index is -0.0120. The van der Waals surface area contributed by atoms with E-state index >= 15 is 0 Å². The standard InChI is InChI=1S/C10H10IN3O/c11-7-2-3-9-8(6-7)12-10(15)14-5-1-4-13(9)14/h2-3,6H,1,4-5H2,(H,12,15). The summed E-state index contributed by atoms with van der Waals surface area (Å²) < 4.78 is 1.14. The molecule has 0 bridgehead atoms. The number of anilines is 2. The number of hydrogen-bond donors (Lipinski definition) is 1. The SMILES string of the molecule is O=C1Nc2cc(I)ccc2N2CCCN12. The number of hydrazine groups is 1. The molecule has 2 aliphatic heterocycles. The number of hydrogen-bond acceptors (Lipinski definition) is 2. The van der Waals surface area contributed by atoms with Gasteiger partial charge in [-0.1, -0.05) is 0 Å². The zero-order valence-corrected chi connectivity index (χ0v) is 10.2. The number of benzene rings is 1. The van der Waals surface area contributed by atoms with E-state index < -0.39 is 0 Å². The molecule has 0 radical (unpaired) electrons. The van der Waals surface area contributed by atoms with Crippen molar-refractivity contribution in [3.63, 3.8) is 0 Å². The summed E-state index contributed by atoms with van der Waals surface area (Å²) in [5.41, 5.74) is 2.03. The van der Waals surface area contributed by atoms with Crippen LogP contribution in [0.3, 0.4) is 0 Å². The lowest BCUT2D eigenvalue weighted by atomic mass is 10.2. The highest BCUT2D eigenvalue weighted by Crippen LogP contribution is 2.35. The predicted octanol–water partition coefficient (Wildman–Crippen LogP) is 2.26. The molecule has 0 saturated carbocycles. The molecule has 0 atom stereocenters. The van der Waals surface area contributed by atoms with Crippen molar-refractivity contribution >= 4 is 40.0 Å². The van der Waals surface area contributed by atoms with E-state index in [2.05, 4.69) is 45.0 Å². The maximum Gasteiger partial charge on any atom is 0.340 e. The molecule has 1 saturated heterocycles. The summed E-state index contributed by atoms with van der Waals surface area (Å²) in [6.45, 7) is 1.75. The van der Waals surface area contributed by atoms with E-state index in [1.165, 1.54) is 0 Å². The highest BCUT2D eigenvalue weighted by Gasteiger charge is 2.32. The van der Waals surface area contributed by atoms with Gasteiger partial charge in [0, 0.05) is 16.7 Å². The van der Waals surface area contributed by atoms with Crippen molar-refractivity contribution in [3.05, 3.63) is 21.8 Å². The van der Waals surface area contributed by atoms with Gasteiger partial charge in [0.25, 0.3) is 0 Å². The van der Waals surface area contributed by atoms with Gasteiger partial charge in [-0.05, 0) is 47.2 Å². The number of rotatable bonds is 0. The summed E-state index contributed by atoms with van der Waals surface area (Å²) in [7, 11) is 0. The van der Waals surface area contributed by atoms with Crippen LogP contribution < -0.4 is 10.3 Å². The molecule has 0 spiro atoms. The Kier molecular flexibility index (Phi) is 2.01. The van der Waals surface area contributed by atoms with Gasteiger partial charge < -0.3 is 5.32 Å². The molecule has 4 nitrogen and oxygen atoms in total. The quantitative estimate of drug-likeness (QED) is 0.746. The molecule has 1 aromatic rings. The Labute approximate surface area is 101 Å². The Hall–Kier alpha value is -0.980. The largest absolute Gasteiger partial charge is 0.340 e. The summed E-state index contributed by atoms with van der Waals surface area (Å²) in [6, 6.07) is 6.12. The minimum Gasteiger partial charge on any atom is -0.304 e. The summed E-state index contributed by atoms with van der Waals surface area (Å²) in [4.78, 5) is 11.7. The van der Waals surface area contributed by atoms with Crippen LogP contribution in [0.15, 0.2) is 18.2 Å². The van der Waals surface area contributed by atoms with Crippen LogP contribution in [-0.2, 0) is 0 Å². The van der Waals surface area contributed by atoms with Gasteiger partial charge in [0.05, 0.1) is 11.4 Å². The maximum atomic E-state index is 11.7. The van der Waals surface area contributed by atoms with Crippen molar-refractivity contribution in [2.45, 2.75) is 6.42 Å². The van der Waals surface area contributed by atoms with Crippen LogP contribution in [0.2, 0.25) is 0 Å². The van der Waals surface area contributed by atoms with E-state index in [0.717, 1.165) is 34.5 Å². The first-order valence-electron chi connectivity index (χ1n) is 4.91. The first-order valence-corrected chi connectivity index (χ1v) is 5.99. The van der Waals surface area contributed by atoms with Crippen LogP contribution in [-0.4, -0.2) is 24.1 Å². The van der Waals surface area contributed by atoms with E-state index in [1.807, 2.05) is 6.07 Å². The van der Waals surface area contributed by atoms with Gasteiger partial charge in [-0.3, -0.25) is 5.01 Å². The van der Waals surface area contributed by atoms with Crippen molar-refractivity contribution in [1.82, 2.24) is 5.01 Å². The van der Waals surface area contributed by atoms with E-state index in [0.29, 0.717) is 0 Å². The maximum absolute atomic E-state index is 11.7. The van der Waals surface area contributed by atoms with Crippen LogP contribution in [0.5, 0.6) is 0 Å². The Balaban J connectivity index is 2.11. The molecule has 5 heteroatoms. The lowest BCUT2D eigenvalue weighted by Crippen LogP contribution is -2.47. The molecule has 78 valence electrons. The van der Waals surface area contributed by atoms with Crippen molar-refractivity contribution in [1.29, 1.82) is 0 Å². The fraction of sp³-hybridized carbons (Fsp3) is 0.300. The van der Waals surface area contributed by atoms with Gasteiger partial charge >= 0.3 is 6.03 Å². The Morgan fingerprint density at radius 1 is 1.27 bits per heavy atom. The average Bonchev–Trinajstić information content (AvgIpc) is 2.66. The van der Waals surface area contributed by atoms with E-state index in [9.17, 15) is 4.79 Å². The first kappa shape index (κ1) is 9.26. The molecule has 1 aromatic carbocycles. The fourth-order valence-corrected chi connectivity index (χ4v) is 2.58. The molecule has 2 heterocycles. The van der Waals surface area contributed by atoms with Gasteiger partial charge in [0.1, 0.15) is 0 Å². The zero-order chi connectivity index (χ0) is 10.4. The summed E-state index contributed by atoms with van der Waals surface area (Å²) in [5.74, 6) is 0. The molecular weight excluding hydrogens is 305 g/mol. The normalized spacial score (nSPS) is 18.6. The van der Waals surface area contributed by atoms with Crippen LogP contribution >= 0.6 is 22.6 Å². The van der Waals surface area contributed by atoms with Crippen LogP contribution in [0.1, 0.15) is 6.42 Å². The van der Waals surface area contributed by atoms with Crippen molar-refractivity contribution in [2.24, 2.45) is 0 Å². The lowest BCUT2D eigenvalue weighted by molar-refractivity contribution is 0.216. The second-order valence-corrected chi connectivity index (χ2v) is 4.94. The van der Waals surface area contributed by atoms with E-state index in [1.54, 1.807) is 5.01 Å². The second kappa shape index (κ2) is 3.26. The first-order chi connectivity index (χ1) is 7.25. The number of urea groups is 1. The lowest BCUT2D eigenvalue weighted by Gasteiger charge is -2.35. The van der Waals surface area contributed by atoms with Crippen molar-refractivity contribution in [2.75, 3.05) is 23.4 Å². The monoisotopic (exact) mass is 315 g/mol. The fourth-order valence-electron chi connectivity index (χ4n) is 2.09. The summed E-state index contributed by atoms with van der Waals surface area (Å²) in [5, 5.41) is 6.75. The molecule has 2 amide bonds. The molecular formula is C10H10IN3O. The Bertz CT molecular complexity index is 435. The van der Waals surface area contributed by atoms with Crippen molar-refractivity contribution < 1.29 is 4.79 Å². The number of fused-ring (bicyclic) bond motifs is 3. The minimum absolute atomic E-state index is 0.0120. The highest BCUT2D eigenvalue weighted by atomic mass is 127. The number of nitrogens with one attached hydrogen (secondary N) is 1. The third kappa shape index (κ3) is 1.37. The zero-order valence-electron chi connectivity index (χ0n) is 8.03. The number of halogens is 1. The number of amides is 2. The van der Waals surface area contributed by atoms with Gasteiger partial charge in [-0.2, -0.15) is 0 Å². The van der Waals surface area contributed by atoms with Gasteiger partial charge in [0.15, 0.2) is 0 Å². The third-order valence-electron chi connectivity index (χ3n) is 2.74. The summed E-state index contributed by atoms with van der Waals surface area (Å²) in [6.07, 6.45) is 1.04. The second-order valence-electron chi connectivity index (χ2n) is 3.69.